The molecule has 0 aliphatic heterocycles. The molecule has 0 bridgehead atoms. The zero-order chi connectivity index (χ0) is 14.9. The number of tetrazole rings is 1. The fourth-order valence-corrected chi connectivity index (χ4v) is 2.20. The third-order valence-electron chi connectivity index (χ3n) is 3.42. The molecule has 0 saturated carbocycles. The highest BCUT2D eigenvalue weighted by Crippen LogP contribution is 2.34. The number of hydrogen-bond donors (Lipinski definition) is 1. The van der Waals surface area contributed by atoms with Gasteiger partial charge in [0.15, 0.2) is 5.82 Å². The number of aromatic nitrogens is 4. The van der Waals surface area contributed by atoms with Gasteiger partial charge in [-0.1, -0.05) is 44.0 Å². The summed E-state index contributed by atoms with van der Waals surface area (Å²) in [5, 5.41) is 12.6. The van der Waals surface area contributed by atoms with Crippen LogP contribution in [0.4, 0.5) is 5.69 Å². The van der Waals surface area contributed by atoms with Crippen LogP contribution >= 0.6 is 23.2 Å². The van der Waals surface area contributed by atoms with E-state index >= 15 is 0 Å². The minimum absolute atomic E-state index is 0.396. The van der Waals surface area contributed by atoms with Crippen LogP contribution in [0.15, 0.2) is 12.1 Å². The Morgan fingerprint density at radius 2 is 1.95 bits per heavy atom. The van der Waals surface area contributed by atoms with Gasteiger partial charge in [0.2, 0.25) is 0 Å². The van der Waals surface area contributed by atoms with Gasteiger partial charge >= 0.3 is 0 Å². The van der Waals surface area contributed by atoms with Gasteiger partial charge in [-0.25, -0.2) is 4.68 Å². The summed E-state index contributed by atoms with van der Waals surface area (Å²) in [6, 6.07) is 3.34. The number of rotatable bonds is 4. The molecule has 2 aromatic rings. The third kappa shape index (κ3) is 3.04. The van der Waals surface area contributed by atoms with E-state index in [4.69, 9.17) is 28.9 Å². The van der Waals surface area contributed by atoms with E-state index in [1.807, 2.05) is 0 Å². The zero-order valence-electron chi connectivity index (χ0n) is 11.6. The summed E-state index contributed by atoms with van der Waals surface area (Å²) in [6.07, 6.45) is 0. The van der Waals surface area contributed by atoms with Gasteiger partial charge in [-0.15, -0.1) is 5.10 Å². The summed E-state index contributed by atoms with van der Waals surface area (Å²) < 4.78 is 1.74. The predicted molar refractivity (Wildman–Crippen MR) is 81.7 cm³/mol. The third-order valence-corrected chi connectivity index (χ3v) is 4.22. The number of anilines is 1. The molecule has 7 heteroatoms. The van der Waals surface area contributed by atoms with Gasteiger partial charge in [0.05, 0.1) is 10.0 Å². The van der Waals surface area contributed by atoms with Crippen molar-refractivity contribution < 1.29 is 0 Å². The smallest absolute Gasteiger partial charge is 0.183 e. The van der Waals surface area contributed by atoms with E-state index in [0.717, 1.165) is 0 Å². The van der Waals surface area contributed by atoms with Crippen molar-refractivity contribution in [3.8, 4) is 11.4 Å². The molecule has 0 saturated heterocycles. The van der Waals surface area contributed by atoms with Crippen LogP contribution in [0.3, 0.4) is 0 Å². The lowest BCUT2D eigenvalue weighted by molar-refractivity contribution is 0.347. The Labute approximate surface area is 128 Å². The number of benzene rings is 1. The highest BCUT2D eigenvalue weighted by atomic mass is 35.5. The van der Waals surface area contributed by atoms with E-state index in [0.29, 0.717) is 45.5 Å². The Balaban J connectivity index is 2.42. The van der Waals surface area contributed by atoms with Crippen molar-refractivity contribution in [3.05, 3.63) is 22.2 Å². The van der Waals surface area contributed by atoms with Gasteiger partial charge in [0.25, 0.3) is 0 Å². The molecular weight excluding hydrogens is 297 g/mol. The van der Waals surface area contributed by atoms with Crippen LogP contribution in [0.2, 0.25) is 10.0 Å². The average Bonchev–Trinajstić information content (AvgIpc) is 2.81. The van der Waals surface area contributed by atoms with Crippen molar-refractivity contribution in [2.24, 2.45) is 11.8 Å². The van der Waals surface area contributed by atoms with Crippen LogP contribution in [-0.4, -0.2) is 20.2 Å². The molecule has 1 heterocycles. The number of nitrogens with zero attached hydrogens (tertiary/aromatic N) is 4. The molecule has 1 aromatic carbocycles. The summed E-state index contributed by atoms with van der Waals surface area (Å²) in [5.74, 6) is 1.55. The topological polar surface area (TPSA) is 69.6 Å². The zero-order valence-corrected chi connectivity index (χ0v) is 13.2. The molecule has 0 fully saturated rings. The lowest BCUT2D eigenvalue weighted by atomic mass is 9.98. The molecule has 0 spiro atoms. The monoisotopic (exact) mass is 313 g/mol. The van der Waals surface area contributed by atoms with E-state index in [1.54, 1.807) is 16.8 Å². The molecule has 0 radical (unpaired) electrons. The standard InChI is InChI=1S/C13H17Cl2N5/c1-7(2)8(3)6-20-13(17-18-19-20)10-4-9(16)5-11(14)12(10)15/h4-5,7-8H,6,16H2,1-3H3. The lowest BCUT2D eigenvalue weighted by Crippen LogP contribution is -2.15. The van der Waals surface area contributed by atoms with Gasteiger partial charge in [-0.3, -0.25) is 0 Å². The summed E-state index contributed by atoms with van der Waals surface area (Å²) >= 11 is 12.3. The maximum Gasteiger partial charge on any atom is 0.183 e. The first kappa shape index (κ1) is 15.1. The molecule has 1 unspecified atom stereocenters. The Kier molecular flexibility index (Phi) is 4.50. The SMILES string of the molecule is CC(C)C(C)Cn1nnnc1-c1cc(N)cc(Cl)c1Cl. The van der Waals surface area contributed by atoms with Crippen LogP contribution in [0.1, 0.15) is 20.8 Å². The molecule has 1 atom stereocenters. The van der Waals surface area contributed by atoms with Gasteiger partial charge in [0.1, 0.15) is 0 Å². The quantitative estimate of drug-likeness (QED) is 0.877. The molecule has 108 valence electrons. The molecule has 2 rings (SSSR count). The summed E-state index contributed by atoms with van der Waals surface area (Å²) in [6.45, 7) is 7.20. The Morgan fingerprint density at radius 1 is 1.25 bits per heavy atom. The second kappa shape index (κ2) is 5.97. The minimum atomic E-state index is 0.396. The minimum Gasteiger partial charge on any atom is -0.399 e. The summed E-state index contributed by atoms with van der Waals surface area (Å²) in [4.78, 5) is 0. The Morgan fingerprint density at radius 3 is 2.60 bits per heavy atom. The van der Waals surface area contributed by atoms with Gasteiger partial charge < -0.3 is 5.73 Å². The van der Waals surface area contributed by atoms with Crippen molar-refractivity contribution in [1.29, 1.82) is 0 Å². The molecule has 2 N–H and O–H groups in total. The lowest BCUT2D eigenvalue weighted by Gasteiger charge is -2.16. The van der Waals surface area contributed by atoms with Crippen LogP contribution in [0.5, 0.6) is 0 Å². The average molecular weight is 314 g/mol. The molecule has 20 heavy (non-hydrogen) atoms. The normalized spacial score (nSPS) is 12.9. The van der Waals surface area contributed by atoms with Gasteiger partial charge in [0, 0.05) is 17.8 Å². The van der Waals surface area contributed by atoms with Crippen molar-refractivity contribution in [1.82, 2.24) is 20.2 Å². The predicted octanol–water partition coefficient (Wildman–Crippen LogP) is 3.52. The molecule has 1 aromatic heterocycles. The summed E-state index contributed by atoms with van der Waals surface area (Å²) in [5.41, 5.74) is 6.99. The van der Waals surface area contributed by atoms with E-state index < -0.39 is 0 Å². The molecule has 0 aliphatic rings. The van der Waals surface area contributed by atoms with Crippen LogP contribution in [-0.2, 0) is 6.54 Å². The van der Waals surface area contributed by atoms with Crippen molar-refractivity contribution >= 4 is 28.9 Å². The first-order valence-electron chi connectivity index (χ1n) is 6.41. The number of nitrogen functional groups attached to an aromatic ring is 1. The van der Waals surface area contributed by atoms with Gasteiger partial charge in [-0.05, 0) is 34.4 Å². The van der Waals surface area contributed by atoms with Crippen LogP contribution < -0.4 is 5.73 Å². The number of nitrogens with two attached hydrogens (primary N) is 1. The highest BCUT2D eigenvalue weighted by molar-refractivity contribution is 6.43. The Hall–Kier alpha value is -1.33. The van der Waals surface area contributed by atoms with Crippen molar-refractivity contribution in [2.75, 3.05) is 5.73 Å². The van der Waals surface area contributed by atoms with E-state index in [2.05, 4.69) is 36.3 Å². The fourth-order valence-electron chi connectivity index (χ4n) is 1.78. The number of halogens is 2. The fraction of sp³-hybridized carbons (Fsp3) is 0.462. The van der Waals surface area contributed by atoms with Crippen LogP contribution in [0, 0.1) is 11.8 Å². The van der Waals surface area contributed by atoms with Crippen LogP contribution in [0.25, 0.3) is 11.4 Å². The summed E-state index contributed by atoms with van der Waals surface area (Å²) in [7, 11) is 0. The first-order chi connectivity index (χ1) is 9.40. The maximum absolute atomic E-state index is 6.23. The van der Waals surface area contributed by atoms with Crippen molar-refractivity contribution in [3.63, 3.8) is 0 Å². The Bertz CT molecular complexity index is 609. The second-order valence-electron chi connectivity index (χ2n) is 5.27. The highest BCUT2D eigenvalue weighted by Gasteiger charge is 2.18. The largest absolute Gasteiger partial charge is 0.399 e. The first-order valence-corrected chi connectivity index (χ1v) is 7.16. The second-order valence-corrected chi connectivity index (χ2v) is 6.06. The molecule has 0 aliphatic carbocycles. The van der Waals surface area contributed by atoms with E-state index in [-0.39, 0.29) is 0 Å². The number of hydrogen-bond acceptors (Lipinski definition) is 4. The maximum atomic E-state index is 6.23. The molecule has 0 amide bonds. The molecular formula is C13H17Cl2N5. The van der Waals surface area contributed by atoms with E-state index in [9.17, 15) is 0 Å². The molecule has 5 nitrogen and oxygen atoms in total. The van der Waals surface area contributed by atoms with Gasteiger partial charge in [-0.2, -0.15) is 0 Å². The van der Waals surface area contributed by atoms with E-state index in [1.165, 1.54) is 0 Å². The van der Waals surface area contributed by atoms with Crippen molar-refractivity contribution in [2.45, 2.75) is 27.3 Å².